The van der Waals surface area contributed by atoms with E-state index in [1.165, 1.54) is 12.0 Å². The molecule has 0 radical (unpaired) electrons. The minimum absolute atomic E-state index is 0.0668. The van der Waals surface area contributed by atoms with Gasteiger partial charge in [0.2, 0.25) is 0 Å². The van der Waals surface area contributed by atoms with Crippen molar-refractivity contribution in [2.24, 2.45) is 0 Å². The van der Waals surface area contributed by atoms with Crippen LogP contribution in [0.25, 0.3) is 0 Å². The molecule has 4 heteroatoms. The van der Waals surface area contributed by atoms with Gasteiger partial charge in [0, 0.05) is 0 Å². The van der Waals surface area contributed by atoms with Gasteiger partial charge in [-0.05, 0) is 0 Å². The van der Waals surface area contributed by atoms with Gasteiger partial charge in [-0.15, -0.1) is 0 Å². The zero-order valence-electron chi connectivity index (χ0n) is 9.08. The quantitative estimate of drug-likeness (QED) is 0.678. The normalized spacial score (nSPS) is 10.4. The van der Waals surface area contributed by atoms with Gasteiger partial charge in [0.05, 0.1) is 0 Å². The maximum atomic E-state index is 9.18. The molecule has 0 amide bonds. The molecule has 0 aromatic heterocycles. The summed E-state index contributed by atoms with van der Waals surface area (Å²) in [6.07, 6.45) is 0. The van der Waals surface area contributed by atoms with Gasteiger partial charge in [-0.2, -0.15) is 0 Å². The molecule has 2 aromatic carbocycles. The molecule has 0 unspecified atom stereocenters. The third-order valence-electron chi connectivity index (χ3n) is 2.14. The number of aliphatic hydroxyl groups excluding tert-OH is 1. The molecule has 0 aliphatic rings. The first-order valence-electron chi connectivity index (χ1n) is 5.15. The van der Waals surface area contributed by atoms with Crippen molar-refractivity contribution < 1.29 is 8.37 Å². The summed E-state index contributed by atoms with van der Waals surface area (Å²) >= 11 is 1.30. The average Bonchev–Trinajstić information content (AvgIpc) is 2.40. The Bertz CT molecular complexity index is 462. The number of hydrogen-bond donors (Lipinski definition) is 1. The van der Waals surface area contributed by atoms with Gasteiger partial charge in [-0.25, -0.2) is 0 Å². The molecule has 0 spiro atoms. The standard InChI is InChI=1S/C13H12O2SSe/c14-10-11-6-4-5-9-13(11)17-15-16-12-7-2-1-3-8-12/h1-9,14H,10H2. The predicted octanol–water partition coefficient (Wildman–Crippen LogP) is 2.15. The molecule has 0 heterocycles. The molecule has 0 aliphatic carbocycles. The Kier molecular flexibility index (Phi) is 5.10. The molecule has 0 saturated carbocycles. The molecule has 0 saturated heterocycles. The van der Waals surface area contributed by atoms with E-state index in [9.17, 15) is 5.11 Å². The Hall–Kier alpha value is -0.771. The third kappa shape index (κ3) is 3.87. The van der Waals surface area contributed by atoms with Crippen LogP contribution in [0.3, 0.4) is 0 Å². The molecular weight excluding hydrogens is 299 g/mol. The summed E-state index contributed by atoms with van der Waals surface area (Å²) in [5.41, 5.74) is 0.946. The third-order valence-corrected chi connectivity index (χ3v) is 4.81. The van der Waals surface area contributed by atoms with Crippen molar-refractivity contribution in [1.82, 2.24) is 0 Å². The number of hydrogen-bond acceptors (Lipinski definition) is 3. The number of rotatable bonds is 5. The van der Waals surface area contributed by atoms with Crippen LogP contribution >= 0.6 is 12.0 Å². The van der Waals surface area contributed by atoms with Crippen LogP contribution in [0, 0.1) is 0 Å². The maximum absolute atomic E-state index is 9.18. The molecule has 88 valence electrons. The minimum atomic E-state index is -0.0835. The van der Waals surface area contributed by atoms with Gasteiger partial charge >= 0.3 is 112 Å². The van der Waals surface area contributed by atoms with E-state index in [0.717, 1.165) is 14.9 Å². The molecule has 2 nitrogen and oxygen atoms in total. The zero-order valence-corrected chi connectivity index (χ0v) is 11.6. The van der Waals surface area contributed by atoms with Crippen LogP contribution < -0.4 is 4.46 Å². The van der Waals surface area contributed by atoms with Gasteiger partial charge in [0.15, 0.2) is 0 Å². The van der Waals surface area contributed by atoms with Crippen molar-refractivity contribution in [1.29, 1.82) is 0 Å². The fourth-order valence-electron chi connectivity index (χ4n) is 1.28. The van der Waals surface area contributed by atoms with Gasteiger partial charge in [0.1, 0.15) is 0 Å². The van der Waals surface area contributed by atoms with Crippen molar-refractivity contribution in [3.8, 4) is 0 Å². The second-order valence-corrected chi connectivity index (χ2v) is 6.22. The van der Waals surface area contributed by atoms with Gasteiger partial charge in [-0.3, -0.25) is 0 Å². The zero-order chi connectivity index (χ0) is 11.9. The first-order chi connectivity index (χ1) is 8.40. The summed E-state index contributed by atoms with van der Waals surface area (Å²) in [4.78, 5) is 1.09. The fourth-order valence-corrected chi connectivity index (χ4v) is 3.69. The van der Waals surface area contributed by atoms with Crippen molar-refractivity contribution in [3.63, 3.8) is 0 Å². The van der Waals surface area contributed by atoms with Crippen LogP contribution in [0.2, 0.25) is 0 Å². The number of benzene rings is 2. The van der Waals surface area contributed by atoms with E-state index in [1.54, 1.807) is 0 Å². The van der Waals surface area contributed by atoms with Crippen LogP contribution in [0.1, 0.15) is 5.56 Å². The molecular formula is C13H12O2SSe. The van der Waals surface area contributed by atoms with E-state index in [1.807, 2.05) is 54.6 Å². The molecule has 0 atom stereocenters. The second kappa shape index (κ2) is 6.84. The summed E-state index contributed by atoms with van der Waals surface area (Å²) in [6.45, 7) is 0.0668. The summed E-state index contributed by atoms with van der Waals surface area (Å²) < 4.78 is 6.71. The van der Waals surface area contributed by atoms with Crippen LogP contribution in [0.4, 0.5) is 0 Å². The Morgan fingerprint density at radius 2 is 1.71 bits per heavy atom. The van der Waals surface area contributed by atoms with Crippen LogP contribution in [-0.4, -0.2) is 20.4 Å². The van der Waals surface area contributed by atoms with E-state index in [4.69, 9.17) is 3.27 Å². The van der Waals surface area contributed by atoms with Crippen LogP contribution in [0.5, 0.6) is 0 Å². The summed E-state index contributed by atoms with van der Waals surface area (Å²) in [6, 6.07) is 17.8. The van der Waals surface area contributed by atoms with Crippen molar-refractivity contribution in [2.45, 2.75) is 11.5 Å². The SMILES string of the molecule is OCc1ccccc1[Se]OSc1ccccc1. The van der Waals surface area contributed by atoms with E-state index in [0.29, 0.717) is 0 Å². The Morgan fingerprint density at radius 3 is 2.47 bits per heavy atom. The Morgan fingerprint density at radius 1 is 1.00 bits per heavy atom. The predicted molar refractivity (Wildman–Crippen MR) is 71.1 cm³/mol. The van der Waals surface area contributed by atoms with E-state index in [-0.39, 0.29) is 21.9 Å². The second-order valence-electron chi connectivity index (χ2n) is 3.31. The molecule has 0 aliphatic heterocycles. The van der Waals surface area contributed by atoms with Crippen LogP contribution in [0.15, 0.2) is 59.5 Å². The summed E-state index contributed by atoms with van der Waals surface area (Å²) in [5.74, 6) is 0. The van der Waals surface area contributed by atoms with E-state index in [2.05, 4.69) is 0 Å². The average molecular weight is 311 g/mol. The molecule has 0 fully saturated rings. The summed E-state index contributed by atoms with van der Waals surface area (Å²) in [7, 11) is 0. The number of aliphatic hydroxyl groups is 1. The van der Waals surface area contributed by atoms with Crippen molar-refractivity contribution in [3.05, 3.63) is 60.2 Å². The van der Waals surface area contributed by atoms with Crippen molar-refractivity contribution >= 4 is 31.8 Å². The molecule has 17 heavy (non-hydrogen) atoms. The van der Waals surface area contributed by atoms with Gasteiger partial charge in [0.25, 0.3) is 0 Å². The van der Waals surface area contributed by atoms with Gasteiger partial charge in [-0.1, -0.05) is 0 Å². The summed E-state index contributed by atoms with van der Waals surface area (Å²) in [5, 5.41) is 9.18. The monoisotopic (exact) mass is 312 g/mol. The Labute approximate surface area is 112 Å². The fraction of sp³-hybridized carbons (Fsp3) is 0.0769. The van der Waals surface area contributed by atoms with E-state index >= 15 is 0 Å². The van der Waals surface area contributed by atoms with Crippen molar-refractivity contribution in [2.75, 3.05) is 0 Å². The first-order valence-corrected chi connectivity index (χ1v) is 7.45. The molecule has 2 rings (SSSR count). The first kappa shape index (κ1) is 12.7. The van der Waals surface area contributed by atoms with Crippen LogP contribution in [-0.2, 0) is 9.87 Å². The molecule has 0 bridgehead atoms. The topological polar surface area (TPSA) is 29.5 Å². The molecule has 2 aromatic rings. The van der Waals surface area contributed by atoms with E-state index < -0.39 is 0 Å². The Balaban J connectivity index is 1.90. The van der Waals surface area contributed by atoms with Gasteiger partial charge < -0.3 is 0 Å². The molecule has 1 N–H and O–H groups in total.